The number of benzene rings is 1. The molecule has 21 heavy (non-hydrogen) atoms. The Morgan fingerprint density at radius 1 is 1.33 bits per heavy atom. The van der Waals surface area contributed by atoms with Gasteiger partial charge in [0.25, 0.3) is 0 Å². The Kier molecular flexibility index (Phi) is 5.59. The quantitative estimate of drug-likeness (QED) is 0.797. The number of hydrogen-bond donors (Lipinski definition) is 0. The van der Waals surface area contributed by atoms with E-state index in [2.05, 4.69) is 0 Å². The van der Waals surface area contributed by atoms with Crippen LogP contribution in [0, 0.1) is 0 Å². The highest BCUT2D eigenvalue weighted by atomic mass is 16.5. The second-order valence-electron chi connectivity index (χ2n) is 5.28. The maximum absolute atomic E-state index is 12.5. The lowest BCUT2D eigenvalue weighted by molar-refractivity contribution is -0.132. The Hall–Kier alpha value is -1.59. The van der Waals surface area contributed by atoms with Crippen LogP contribution in [0.3, 0.4) is 0 Å². The summed E-state index contributed by atoms with van der Waals surface area (Å²) in [6.45, 7) is 1.18. The normalized spacial score (nSPS) is 21.6. The van der Waals surface area contributed by atoms with Crippen LogP contribution in [0.1, 0.15) is 12.0 Å². The molecule has 0 radical (unpaired) electrons. The van der Waals surface area contributed by atoms with E-state index < -0.39 is 0 Å². The standard InChI is InChI=1S/C16H23NO4/c1-19-11-13-9-15(21-3)10-17(13)16(18)8-12-5-4-6-14(7-12)20-2/h4-7,13,15H,8-11H2,1-3H3/t13-,15+/m0/s1. The van der Waals surface area contributed by atoms with E-state index in [0.29, 0.717) is 19.6 Å². The summed E-state index contributed by atoms with van der Waals surface area (Å²) in [5.74, 6) is 0.870. The molecule has 0 aromatic heterocycles. The first-order valence-electron chi connectivity index (χ1n) is 7.12. The number of methoxy groups -OCH3 is 3. The van der Waals surface area contributed by atoms with Gasteiger partial charge in [-0.1, -0.05) is 12.1 Å². The Labute approximate surface area is 125 Å². The van der Waals surface area contributed by atoms with E-state index in [0.717, 1.165) is 17.7 Å². The van der Waals surface area contributed by atoms with Crippen LogP contribution in [0.4, 0.5) is 0 Å². The molecule has 1 aliphatic heterocycles. The van der Waals surface area contributed by atoms with Crippen molar-refractivity contribution >= 4 is 5.91 Å². The first-order chi connectivity index (χ1) is 10.2. The lowest BCUT2D eigenvalue weighted by atomic mass is 10.1. The van der Waals surface area contributed by atoms with Gasteiger partial charge in [0.1, 0.15) is 5.75 Å². The lowest BCUT2D eigenvalue weighted by Crippen LogP contribution is -2.39. The number of carbonyl (C=O) groups excluding carboxylic acids is 1. The number of carbonyl (C=O) groups is 1. The smallest absolute Gasteiger partial charge is 0.227 e. The zero-order valence-electron chi connectivity index (χ0n) is 12.9. The molecule has 0 spiro atoms. The third-order valence-corrected chi connectivity index (χ3v) is 3.88. The van der Waals surface area contributed by atoms with Crippen LogP contribution in [0.5, 0.6) is 5.75 Å². The van der Waals surface area contributed by atoms with Crippen molar-refractivity contribution in [3.05, 3.63) is 29.8 Å². The summed E-state index contributed by atoms with van der Waals surface area (Å²) in [5, 5.41) is 0. The van der Waals surface area contributed by atoms with E-state index in [1.807, 2.05) is 29.2 Å². The number of nitrogens with zero attached hydrogens (tertiary/aromatic N) is 1. The molecule has 5 heteroatoms. The second-order valence-corrected chi connectivity index (χ2v) is 5.28. The molecule has 5 nitrogen and oxygen atoms in total. The number of amides is 1. The molecule has 1 aromatic carbocycles. The summed E-state index contributed by atoms with van der Waals surface area (Å²) < 4.78 is 15.8. The average molecular weight is 293 g/mol. The van der Waals surface area contributed by atoms with E-state index in [1.54, 1.807) is 21.3 Å². The summed E-state index contributed by atoms with van der Waals surface area (Å²) in [7, 11) is 4.97. The molecule has 1 fully saturated rings. The van der Waals surface area contributed by atoms with Gasteiger partial charge in [-0.3, -0.25) is 4.79 Å². The third kappa shape index (κ3) is 3.95. The molecule has 1 amide bonds. The van der Waals surface area contributed by atoms with Gasteiger partial charge >= 0.3 is 0 Å². The van der Waals surface area contributed by atoms with Gasteiger partial charge in [-0.2, -0.15) is 0 Å². The number of rotatable bonds is 6. The fraction of sp³-hybridized carbons (Fsp3) is 0.562. The molecule has 0 bridgehead atoms. The van der Waals surface area contributed by atoms with Crippen LogP contribution in [-0.2, 0) is 20.7 Å². The van der Waals surface area contributed by atoms with Crippen molar-refractivity contribution in [3.63, 3.8) is 0 Å². The highest BCUT2D eigenvalue weighted by Gasteiger charge is 2.35. The van der Waals surface area contributed by atoms with Gasteiger partial charge in [0.15, 0.2) is 0 Å². The molecule has 1 aromatic rings. The fourth-order valence-electron chi connectivity index (χ4n) is 2.76. The minimum atomic E-state index is 0.0954. The monoisotopic (exact) mass is 293 g/mol. The SMILES string of the molecule is COC[C@@H]1C[C@@H](OC)CN1C(=O)Cc1cccc(OC)c1. The maximum Gasteiger partial charge on any atom is 0.227 e. The van der Waals surface area contributed by atoms with Crippen LogP contribution >= 0.6 is 0 Å². The lowest BCUT2D eigenvalue weighted by Gasteiger charge is -2.24. The van der Waals surface area contributed by atoms with E-state index >= 15 is 0 Å². The van der Waals surface area contributed by atoms with Gasteiger partial charge < -0.3 is 19.1 Å². The largest absolute Gasteiger partial charge is 0.497 e. The van der Waals surface area contributed by atoms with Gasteiger partial charge in [-0.25, -0.2) is 0 Å². The Balaban J connectivity index is 2.03. The fourth-order valence-corrected chi connectivity index (χ4v) is 2.76. The molecular weight excluding hydrogens is 270 g/mol. The van der Waals surface area contributed by atoms with Crippen molar-refractivity contribution in [2.24, 2.45) is 0 Å². The summed E-state index contributed by atoms with van der Waals surface area (Å²) in [5.41, 5.74) is 0.955. The molecule has 0 saturated carbocycles. The predicted octanol–water partition coefficient (Wildman–Crippen LogP) is 1.50. The summed E-state index contributed by atoms with van der Waals surface area (Å²) >= 11 is 0. The minimum absolute atomic E-state index is 0.0954. The molecule has 0 aliphatic carbocycles. The predicted molar refractivity (Wildman–Crippen MR) is 79.5 cm³/mol. The number of hydrogen-bond acceptors (Lipinski definition) is 4. The average Bonchev–Trinajstić information content (AvgIpc) is 2.91. The van der Waals surface area contributed by atoms with Crippen molar-refractivity contribution < 1.29 is 19.0 Å². The second kappa shape index (κ2) is 7.43. The van der Waals surface area contributed by atoms with Crippen LogP contribution in [0.15, 0.2) is 24.3 Å². The first kappa shape index (κ1) is 15.8. The molecule has 2 rings (SSSR count). The van der Waals surface area contributed by atoms with Crippen LogP contribution in [0.25, 0.3) is 0 Å². The van der Waals surface area contributed by atoms with Gasteiger partial charge in [-0.15, -0.1) is 0 Å². The first-order valence-corrected chi connectivity index (χ1v) is 7.12. The molecule has 2 atom stereocenters. The van der Waals surface area contributed by atoms with Crippen molar-refractivity contribution in [1.29, 1.82) is 0 Å². The van der Waals surface area contributed by atoms with Crippen molar-refractivity contribution in [2.75, 3.05) is 34.5 Å². The highest BCUT2D eigenvalue weighted by Crippen LogP contribution is 2.22. The maximum atomic E-state index is 12.5. The van der Waals surface area contributed by atoms with E-state index in [1.165, 1.54) is 0 Å². The molecule has 0 unspecified atom stereocenters. The molecular formula is C16H23NO4. The zero-order chi connectivity index (χ0) is 15.2. The summed E-state index contributed by atoms with van der Waals surface area (Å²) in [6.07, 6.45) is 1.29. The van der Waals surface area contributed by atoms with Gasteiger partial charge in [-0.05, 0) is 24.1 Å². The molecule has 0 N–H and O–H groups in total. The summed E-state index contributed by atoms with van der Waals surface area (Å²) in [6, 6.07) is 7.70. The molecule has 1 aliphatic rings. The van der Waals surface area contributed by atoms with Crippen molar-refractivity contribution in [1.82, 2.24) is 4.90 Å². The van der Waals surface area contributed by atoms with Crippen LogP contribution < -0.4 is 4.74 Å². The number of ether oxygens (including phenoxy) is 3. The molecule has 1 heterocycles. The van der Waals surface area contributed by atoms with E-state index in [4.69, 9.17) is 14.2 Å². The highest BCUT2D eigenvalue weighted by molar-refractivity contribution is 5.79. The Morgan fingerprint density at radius 2 is 2.14 bits per heavy atom. The number of likely N-dealkylation sites (tertiary alicyclic amines) is 1. The van der Waals surface area contributed by atoms with Crippen LogP contribution in [-0.4, -0.2) is 57.4 Å². The van der Waals surface area contributed by atoms with Crippen molar-refractivity contribution in [2.45, 2.75) is 25.0 Å². The molecule has 116 valence electrons. The van der Waals surface area contributed by atoms with E-state index in [9.17, 15) is 4.79 Å². The van der Waals surface area contributed by atoms with Crippen LogP contribution in [0.2, 0.25) is 0 Å². The Morgan fingerprint density at radius 3 is 2.81 bits per heavy atom. The molecule has 1 saturated heterocycles. The third-order valence-electron chi connectivity index (χ3n) is 3.88. The van der Waals surface area contributed by atoms with Gasteiger partial charge in [0, 0.05) is 20.8 Å². The van der Waals surface area contributed by atoms with E-state index in [-0.39, 0.29) is 18.1 Å². The Bertz CT molecular complexity index is 477. The van der Waals surface area contributed by atoms with Gasteiger partial charge in [0.05, 0.1) is 32.3 Å². The summed E-state index contributed by atoms with van der Waals surface area (Å²) in [4.78, 5) is 14.4. The topological polar surface area (TPSA) is 48.0 Å². The zero-order valence-corrected chi connectivity index (χ0v) is 12.9. The van der Waals surface area contributed by atoms with Crippen molar-refractivity contribution in [3.8, 4) is 5.75 Å². The van der Waals surface area contributed by atoms with Gasteiger partial charge in [0.2, 0.25) is 5.91 Å². The minimum Gasteiger partial charge on any atom is -0.497 e.